The summed E-state index contributed by atoms with van der Waals surface area (Å²) in [6.45, 7) is 0.780. The number of carbonyl (C=O) groups is 1. The number of aromatic nitrogens is 1. The van der Waals surface area contributed by atoms with E-state index < -0.39 is 0 Å². The normalized spacial score (nSPS) is 10.2. The van der Waals surface area contributed by atoms with E-state index in [0.29, 0.717) is 6.42 Å². The lowest BCUT2D eigenvalue weighted by Crippen LogP contribution is -2.28. The highest BCUT2D eigenvalue weighted by Gasteiger charge is 2.07. The predicted octanol–water partition coefficient (Wildman–Crippen LogP) is 2.23. The summed E-state index contributed by atoms with van der Waals surface area (Å²) < 4.78 is 0. The monoisotopic (exact) mass is 252 g/mol. The SMILES string of the molecule is CSCCCC(=O)N(C)CCc1ccncc1. The summed E-state index contributed by atoms with van der Waals surface area (Å²) in [5.41, 5.74) is 1.23. The van der Waals surface area contributed by atoms with E-state index in [1.54, 1.807) is 24.2 Å². The minimum Gasteiger partial charge on any atom is -0.345 e. The molecule has 0 aliphatic heterocycles. The van der Waals surface area contributed by atoms with Crippen molar-refractivity contribution in [1.29, 1.82) is 0 Å². The molecule has 4 heteroatoms. The van der Waals surface area contributed by atoms with E-state index in [9.17, 15) is 4.79 Å². The molecule has 0 radical (unpaired) electrons. The third-order valence-electron chi connectivity index (χ3n) is 2.65. The summed E-state index contributed by atoms with van der Waals surface area (Å²) >= 11 is 1.79. The molecule has 1 aromatic heterocycles. The van der Waals surface area contributed by atoms with Gasteiger partial charge in [0.05, 0.1) is 0 Å². The Morgan fingerprint density at radius 2 is 2.12 bits per heavy atom. The van der Waals surface area contributed by atoms with Crippen molar-refractivity contribution in [2.24, 2.45) is 0 Å². The molecule has 1 amide bonds. The quantitative estimate of drug-likeness (QED) is 0.698. The zero-order valence-electron chi connectivity index (χ0n) is 10.6. The van der Waals surface area contributed by atoms with Gasteiger partial charge in [-0.1, -0.05) is 0 Å². The lowest BCUT2D eigenvalue weighted by atomic mass is 10.2. The van der Waals surface area contributed by atoms with Crippen molar-refractivity contribution in [1.82, 2.24) is 9.88 Å². The summed E-state index contributed by atoms with van der Waals surface area (Å²) in [7, 11) is 1.88. The Bertz CT molecular complexity index is 329. The molecule has 0 N–H and O–H groups in total. The van der Waals surface area contributed by atoms with E-state index in [1.165, 1.54) is 5.56 Å². The Kier molecular flexibility index (Phi) is 6.70. The summed E-state index contributed by atoms with van der Waals surface area (Å²) in [6.07, 6.45) is 8.17. The van der Waals surface area contributed by atoms with Gasteiger partial charge in [0.2, 0.25) is 5.91 Å². The van der Waals surface area contributed by atoms with Gasteiger partial charge in [-0.15, -0.1) is 0 Å². The number of thioether (sulfide) groups is 1. The van der Waals surface area contributed by atoms with E-state index in [1.807, 2.05) is 24.1 Å². The second kappa shape index (κ2) is 8.12. The first-order chi connectivity index (χ1) is 8.24. The van der Waals surface area contributed by atoms with Crippen LogP contribution in [0, 0.1) is 0 Å². The van der Waals surface area contributed by atoms with E-state index in [-0.39, 0.29) is 5.91 Å². The summed E-state index contributed by atoms with van der Waals surface area (Å²) in [5, 5.41) is 0. The number of nitrogens with zero attached hydrogens (tertiary/aromatic N) is 2. The van der Waals surface area contributed by atoms with Crippen molar-refractivity contribution in [3.8, 4) is 0 Å². The fourth-order valence-electron chi connectivity index (χ4n) is 1.53. The van der Waals surface area contributed by atoms with Crippen LogP contribution in [-0.4, -0.2) is 41.4 Å². The van der Waals surface area contributed by atoms with Crippen molar-refractivity contribution in [3.05, 3.63) is 30.1 Å². The molecule has 0 aliphatic rings. The van der Waals surface area contributed by atoms with Gasteiger partial charge in [-0.25, -0.2) is 0 Å². The van der Waals surface area contributed by atoms with Crippen LogP contribution >= 0.6 is 11.8 Å². The molecule has 1 rings (SSSR count). The maximum absolute atomic E-state index is 11.7. The lowest BCUT2D eigenvalue weighted by Gasteiger charge is -2.16. The fourth-order valence-corrected chi connectivity index (χ4v) is 1.96. The van der Waals surface area contributed by atoms with Crippen LogP contribution < -0.4 is 0 Å². The largest absolute Gasteiger partial charge is 0.345 e. The molecular weight excluding hydrogens is 232 g/mol. The molecule has 94 valence electrons. The van der Waals surface area contributed by atoms with Gasteiger partial charge in [-0.3, -0.25) is 9.78 Å². The Morgan fingerprint density at radius 1 is 1.41 bits per heavy atom. The fraction of sp³-hybridized carbons (Fsp3) is 0.538. The molecule has 0 atom stereocenters. The first-order valence-electron chi connectivity index (χ1n) is 5.86. The first-order valence-corrected chi connectivity index (χ1v) is 7.25. The third-order valence-corrected chi connectivity index (χ3v) is 3.35. The zero-order valence-corrected chi connectivity index (χ0v) is 11.4. The topological polar surface area (TPSA) is 33.2 Å². The Balaban J connectivity index is 2.24. The number of likely N-dealkylation sites (N-methyl/N-ethyl adjacent to an activating group) is 1. The van der Waals surface area contributed by atoms with Crippen LogP contribution in [0.25, 0.3) is 0 Å². The smallest absolute Gasteiger partial charge is 0.222 e. The second-order valence-corrected chi connectivity index (χ2v) is 5.00. The zero-order chi connectivity index (χ0) is 12.5. The predicted molar refractivity (Wildman–Crippen MR) is 73.2 cm³/mol. The van der Waals surface area contributed by atoms with Gasteiger partial charge in [0.1, 0.15) is 0 Å². The van der Waals surface area contributed by atoms with E-state index in [4.69, 9.17) is 0 Å². The van der Waals surface area contributed by atoms with Crippen LogP contribution in [0.4, 0.5) is 0 Å². The van der Waals surface area contributed by atoms with E-state index in [0.717, 1.165) is 25.1 Å². The number of hydrogen-bond acceptors (Lipinski definition) is 3. The van der Waals surface area contributed by atoms with Gasteiger partial charge in [-0.2, -0.15) is 11.8 Å². The standard InChI is InChI=1S/C13H20N2OS/c1-15(13(16)4-3-11-17-2)10-7-12-5-8-14-9-6-12/h5-6,8-9H,3-4,7,10-11H2,1-2H3. The third kappa shape index (κ3) is 5.73. The second-order valence-electron chi connectivity index (χ2n) is 4.02. The van der Waals surface area contributed by atoms with Gasteiger partial charge in [0.15, 0.2) is 0 Å². The Hall–Kier alpha value is -1.03. The van der Waals surface area contributed by atoms with Crippen LogP contribution in [0.1, 0.15) is 18.4 Å². The highest BCUT2D eigenvalue weighted by Crippen LogP contribution is 2.04. The molecule has 0 unspecified atom stereocenters. The molecule has 0 saturated carbocycles. The van der Waals surface area contributed by atoms with Crippen molar-refractivity contribution < 1.29 is 4.79 Å². The van der Waals surface area contributed by atoms with E-state index >= 15 is 0 Å². The van der Waals surface area contributed by atoms with E-state index in [2.05, 4.69) is 11.2 Å². The number of carbonyl (C=O) groups excluding carboxylic acids is 1. The van der Waals surface area contributed by atoms with Crippen molar-refractivity contribution in [2.75, 3.05) is 25.6 Å². The Morgan fingerprint density at radius 3 is 2.76 bits per heavy atom. The highest BCUT2D eigenvalue weighted by atomic mass is 32.2. The number of pyridine rings is 1. The summed E-state index contributed by atoms with van der Waals surface area (Å²) in [4.78, 5) is 17.5. The highest BCUT2D eigenvalue weighted by molar-refractivity contribution is 7.98. The molecular formula is C13H20N2OS. The van der Waals surface area contributed by atoms with Crippen LogP contribution in [0.3, 0.4) is 0 Å². The average molecular weight is 252 g/mol. The van der Waals surface area contributed by atoms with Crippen molar-refractivity contribution in [3.63, 3.8) is 0 Å². The summed E-state index contributed by atoms with van der Waals surface area (Å²) in [6, 6.07) is 3.98. The van der Waals surface area contributed by atoms with Crippen molar-refractivity contribution in [2.45, 2.75) is 19.3 Å². The molecule has 0 aliphatic carbocycles. The molecule has 1 heterocycles. The minimum absolute atomic E-state index is 0.244. The molecule has 0 spiro atoms. The number of amides is 1. The van der Waals surface area contributed by atoms with Gasteiger partial charge < -0.3 is 4.90 Å². The maximum atomic E-state index is 11.7. The molecule has 0 saturated heterocycles. The molecule has 0 bridgehead atoms. The number of hydrogen-bond donors (Lipinski definition) is 0. The van der Waals surface area contributed by atoms with Crippen LogP contribution in [0.2, 0.25) is 0 Å². The molecule has 0 fully saturated rings. The number of rotatable bonds is 7. The summed E-state index contributed by atoms with van der Waals surface area (Å²) in [5.74, 6) is 1.30. The van der Waals surface area contributed by atoms with Crippen LogP contribution in [0.5, 0.6) is 0 Å². The van der Waals surface area contributed by atoms with Crippen LogP contribution in [-0.2, 0) is 11.2 Å². The Labute approximate surface area is 108 Å². The van der Waals surface area contributed by atoms with Gasteiger partial charge in [0.25, 0.3) is 0 Å². The molecule has 0 aromatic carbocycles. The molecule has 17 heavy (non-hydrogen) atoms. The molecule has 3 nitrogen and oxygen atoms in total. The van der Waals surface area contributed by atoms with Gasteiger partial charge in [0, 0.05) is 32.4 Å². The van der Waals surface area contributed by atoms with Gasteiger partial charge >= 0.3 is 0 Å². The maximum Gasteiger partial charge on any atom is 0.222 e. The average Bonchev–Trinajstić information content (AvgIpc) is 2.37. The lowest BCUT2D eigenvalue weighted by molar-refractivity contribution is -0.129. The van der Waals surface area contributed by atoms with Gasteiger partial charge in [-0.05, 0) is 42.5 Å². The first kappa shape index (κ1) is 14.0. The van der Waals surface area contributed by atoms with Crippen molar-refractivity contribution >= 4 is 17.7 Å². The molecule has 1 aromatic rings. The minimum atomic E-state index is 0.244. The van der Waals surface area contributed by atoms with Crippen LogP contribution in [0.15, 0.2) is 24.5 Å².